The van der Waals surface area contributed by atoms with E-state index in [0.717, 1.165) is 18.4 Å². The Hall–Kier alpha value is -0.0800. The molecule has 0 amide bonds. The standard InChI is InChI=1S/C10H20N2/c11-4-3-10-6-9-2-1-5-12(7-9)8-10/h9-10H,1-8,11H2. The van der Waals surface area contributed by atoms with Gasteiger partial charge in [0.25, 0.3) is 0 Å². The zero-order chi connectivity index (χ0) is 8.39. The predicted molar refractivity (Wildman–Crippen MR) is 50.9 cm³/mol. The van der Waals surface area contributed by atoms with Gasteiger partial charge in [0, 0.05) is 13.1 Å². The second-order valence-corrected chi connectivity index (χ2v) is 4.45. The summed E-state index contributed by atoms with van der Waals surface area (Å²) in [7, 11) is 0. The van der Waals surface area contributed by atoms with Crippen molar-refractivity contribution in [2.75, 3.05) is 26.2 Å². The Morgan fingerprint density at radius 3 is 3.00 bits per heavy atom. The first kappa shape index (κ1) is 8.52. The van der Waals surface area contributed by atoms with Crippen LogP contribution in [0.1, 0.15) is 25.7 Å². The molecule has 2 aliphatic rings. The third-order valence-electron chi connectivity index (χ3n) is 3.36. The lowest BCUT2D eigenvalue weighted by Crippen LogP contribution is -2.44. The van der Waals surface area contributed by atoms with E-state index in [0.29, 0.717) is 0 Å². The summed E-state index contributed by atoms with van der Waals surface area (Å²) in [6.07, 6.45) is 5.60. The van der Waals surface area contributed by atoms with Crippen LogP contribution in [0.3, 0.4) is 0 Å². The Balaban J connectivity index is 1.87. The van der Waals surface area contributed by atoms with Crippen LogP contribution in [0.4, 0.5) is 0 Å². The van der Waals surface area contributed by atoms with Gasteiger partial charge in [-0.3, -0.25) is 0 Å². The highest BCUT2D eigenvalue weighted by Crippen LogP contribution is 2.30. The molecule has 0 spiro atoms. The molecule has 2 saturated heterocycles. The monoisotopic (exact) mass is 168 g/mol. The molecule has 2 heteroatoms. The number of hydrogen-bond donors (Lipinski definition) is 1. The minimum Gasteiger partial charge on any atom is -0.330 e. The van der Waals surface area contributed by atoms with E-state index in [2.05, 4.69) is 4.90 Å². The number of nitrogens with two attached hydrogens (primary N) is 1. The van der Waals surface area contributed by atoms with Crippen molar-refractivity contribution in [1.82, 2.24) is 4.90 Å². The highest BCUT2D eigenvalue weighted by Gasteiger charge is 2.29. The van der Waals surface area contributed by atoms with E-state index in [-0.39, 0.29) is 0 Å². The van der Waals surface area contributed by atoms with Gasteiger partial charge in [0.15, 0.2) is 0 Å². The summed E-state index contributed by atoms with van der Waals surface area (Å²) < 4.78 is 0. The largest absolute Gasteiger partial charge is 0.330 e. The first-order valence-electron chi connectivity index (χ1n) is 5.31. The summed E-state index contributed by atoms with van der Waals surface area (Å²) in [4.78, 5) is 2.64. The summed E-state index contributed by atoms with van der Waals surface area (Å²) >= 11 is 0. The van der Waals surface area contributed by atoms with Crippen molar-refractivity contribution >= 4 is 0 Å². The SMILES string of the molecule is NCCC1CC2CCCN(C1)C2. The number of nitrogens with zero attached hydrogens (tertiary/aromatic N) is 1. The average molecular weight is 168 g/mol. The molecule has 3 atom stereocenters. The summed E-state index contributed by atoms with van der Waals surface area (Å²) in [5.74, 6) is 1.91. The molecule has 2 fully saturated rings. The number of fused-ring (bicyclic) bond motifs is 2. The van der Waals surface area contributed by atoms with E-state index in [1.807, 2.05) is 0 Å². The number of piperidine rings is 2. The number of rotatable bonds is 2. The first-order chi connectivity index (χ1) is 5.88. The van der Waals surface area contributed by atoms with Gasteiger partial charge < -0.3 is 10.6 Å². The molecule has 2 heterocycles. The first-order valence-corrected chi connectivity index (χ1v) is 5.31. The molecule has 2 N–H and O–H groups in total. The summed E-state index contributed by atoms with van der Waals surface area (Å²) in [6, 6.07) is 0. The second kappa shape index (κ2) is 3.75. The zero-order valence-electron chi connectivity index (χ0n) is 7.84. The summed E-state index contributed by atoms with van der Waals surface area (Å²) in [6.45, 7) is 4.93. The maximum atomic E-state index is 5.59. The van der Waals surface area contributed by atoms with Crippen molar-refractivity contribution in [3.8, 4) is 0 Å². The van der Waals surface area contributed by atoms with Gasteiger partial charge in [0.05, 0.1) is 0 Å². The van der Waals surface area contributed by atoms with E-state index < -0.39 is 0 Å². The normalized spacial score (nSPS) is 41.2. The Labute approximate surface area is 75.1 Å². The Kier molecular flexibility index (Phi) is 2.66. The van der Waals surface area contributed by atoms with Crippen LogP contribution in [0.5, 0.6) is 0 Å². The lowest BCUT2D eigenvalue weighted by Gasteiger charge is -2.41. The highest BCUT2D eigenvalue weighted by molar-refractivity contribution is 4.83. The van der Waals surface area contributed by atoms with Crippen molar-refractivity contribution in [1.29, 1.82) is 0 Å². The molecule has 12 heavy (non-hydrogen) atoms. The smallest absolute Gasteiger partial charge is 0.00104 e. The van der Waals surface area contributed by atoms with Crippen molar-refractivity contribution in [2.45, 2.75) is 25.7 Å². The van der Waals surface area contributed by atoms with Crippen LogP contribution < -0.4 is 5.73 Å². The third kappa shape index (κ3) is 1.80. The fraction of sp³-hybridized carbons (Fsp3) is 1.00. The summed E-state index contributed by atoms with van der Waals surface area (Å²) in [5, 5.41) is 0. The van der Waals surface area contributed by atoms with Gasteiger partial charge >= 0.3 is 0 Å². The number of hydrogen-bond acceptors (Lipinski definition) is 2. The van der Waals surface area contributed by atoms with Gasteiger partial charge in [-0.15, -0.1) is 0 Å². The zero-order valence-corrected chi connectivity index (χ0v) is 7.84. The van der Waals surface area contributed by atoms with E-state index in [4.69, 9.17) is 5.73 Å². The molecule has 2 aliphatic heterocycles. The molecule has 70 valence electrons. The van der Waals surface area contributed by atoms with Crippen molar-refractivity contribution in [3.63, 3.8) is 0 Å². The van der Waals surface area contributed by atoms with E-state index in [1.165, 1.54) is 45.3 Å². The van der Waals surface area contributed by atoms with E-state index >= 15 is 0 Å². The fourth-order valence-electron chi connectivity index (χ4n) is 2.87. The van der Waals surface area contributed by atoms with Crippen LogP contribution in [0.2, 0.25) is 0 Å². The molecular formula is C10H20N2. The van der Waals surface area contributed by atoms with Crippen molar-refractivity contribution in [2.24, 2.45) is 17.6 Å². The topological polar surface area (TPSA) is 29.3 Å². The lowest BCUT2D eigenvalue weighted by atomic mass is 9.82. The Morgan fingerprint density at radius 1 is 1.33 bits per heavy atom. The molecule has 0 aromatic carbocycles. The van der Waals surface area contributed by atoms with Crippen LogP contribution in [0.25, 0.3) is 0 Å². The molecule has 0 aromatic rings. The Morgan fingerprint density at radius 2 is 2.25 bits per heavy atom. The maximum absolute atomic E-state index is 5.59. The molecule has 0 aliphatic carbocycles. The molecule has 0 aromatic heterocycles. The molecule has 2 nitrogen and oxygen atoms in total. The second-order valence-electron chi connectivity index (χ2n) is 4.45. The molecule has 2 bridgehead atoms. The maximum Gasteiger partial charge on any atom is 0.00104 e. The highest BCUT2D eigenvalue weighted by atomic mass is 15.1. The van der Waals surface area contributed by atoms with Gasteiger partial charge in [-0.25, -0.2) is 0 Å². The Bertz CT molecular complexity index is 135. The van der Waals surface area contributed by atoms with E-state index in [9.17, 15) is 0 Å². The molecule has 0 saturated carbocycles. The lowest BCUT2D eigenvalue weighted by molar-refractivity contribution is 0.0798. The van der Waals surface area contributed by atoms with Gasteiger partial charge in [0.1, 0.15) is 0 Å². The van der Waals surface area contributed by atoms with Crippen molar-refractivity contribution in [3.05, 3.63) is 0 Å². The molecule has 0 radical (unpaired) electrons. The molecule has 3 unspecified atom stereocenters. The van der Waals surface area contributed by atoms with Crippen LogP contribution in [0, 0.1) is 11.8 Å². The minimum absolute atomic E-state index is 0.880. The quantitative estimate of drug-likeness (QED) is 0.668. The van der Waals surface area contributed by atoms with Crippen LogP contribution in [-0.4, -0.2) is 31.1 Å². The molecular weight excluding hydrogens is 148 g/mol. The van der Waals surface area contributed by atoms with Gasteiger partial charge in [-0.1, -0.05) is 0 Å². The third-order valence-corrected chi connectivity index (χ3v) is 3.36. The fourth-order valence-corrected chi connectivity index (χ4v) is 2.87. The van der Waals surface area contributed by atoms with Gasteiger partial charge in [-0.2, -0.15) is 0 Å². The molecule has 2 rings (SSSR count). The van der Waals surface area contributed by atoms with Crippen LogP contribution in [-0.2, 0) is 0 Å². The van der Waals surface area contributed by atoms with Crippen LogP contribution >= 0.6 is 0 Å². The minimum atomic E-state index is 0.880. The van der Waals surface area contributed by atoms with E-state index in [1.54, 1.807) is 0 Å². The predicted octanol–water partition coefficient (Wildman–Crippen LogP) is 1.07. The van der Waals surface area contributed by atoms with Gasteiger partial charge in [0.2, 0.25) is 0 Å². The summed E-state index contributed by atoms with van der Waals surface area (Å²) in [5.41, 5.74) is 5.59. The van der Waals surface area contributed by atoms with Crippen molar-refractivity contribution < 1.29 is 0 Å². The van der Waals surface area contributed by atoms with Crippen LogP contribution in [0.15, 0.2) is 0 Å². The average Bonchev–Trinajstić information content (AvgIpc) is 2.04. The van der Waals surface area contributed by atoms with Gasteiger partial charge in [-0.05, 0) is 50.6 Å².